The Morgan fingerprint density at radius 3 is 3.12 bits per heavy atom. The zero-order valence-corrected chi connectivity index (χ0v) is 9.17. The van der Waals surface area contributed by atoms with Gasteiger partial charge in [0.2, 0.25) is 5.28 Å². The summed E-state index contributed by atoms with van der Waals surface area (Å²) in [4.78, 5) is 10.1. The van der Waals surface area contributed by atoms with E-state index >= 15 is 0 Å². The smallest absolute Gasteiger partial charge is 0.224 e. The van der Waals surface area contributed by atoms with Gasteiger partial charge >= 0.3 is 0 Å². The summed E-state index contributed by atoms with van der Waals surface area (Å²) in [6, 6.07) is 1.85. The van der Waals surface area contributed by atoms with Crippen LogP contribution in [0.25, 0.3) is 0 Å². The molecule has 0 aliphatic carbocycles. The highest BCUT2D eigenvalue weighted by molar-refractivity contribution is 6.28. The summed E-state index contributed by atoms with van der Waals surface area (Å²) in [5, 5.41) is 8.19. The third kappa shape index (κ3) is 1.61. The Hall–Kier alpha value is -1.69. The zero-order valence-electron chi connectivity index (χ0n) is 8.41. The van der Waals surface area contributed by atoms with Crippen LogP contribution >= 0.6 is 11.6 Å². The minimum Gasteiger partial charge on any atom is -0.347 e. The molecule has 2 aromatic heterocycles. The second-order valence-corrected chi connectivity index (χ2v) is 3.88. The molecule has 0 bridgehead atoms. The van der Waals surface area contributed by atoms with E-state index in [-0.39, 0.29) is 5.28 Å². The van der Waals surface area contributed by atoms with Gasteiger partial charge in [-0.2, -0.15) is 0 Å². The Bertz CT molecular complexity index is 510. The van der Waals surface area contributed by atoms with Crippen LogP contribution in [0.2, 0.25) is 5.28 Å². The minimum atomic E-state index is 0.268. The SMILES string of the molecule is Clc1nccc(N2CCn3cnnc3C2)n1. The van der Waals surface area contributed by atoms with E-state index in [1.165, 1.54) is 0 Å². The fraction of sp³-hybridized carbons (Fsp3) is 0.333. The number of rotatable bonds is 1. The van der Waals surface area contributed by atoms with Gasteiger partial charge in [0.05, 0.1) is 6.54 Å². The number of hydrogen-bond donors (Lipinski definition) is 0. The standard InChI is InChI=1S/C9H9ClN6/c10-9-11-2-1-7(13-9)15-3-4-16-6-12-14-8(16)5-15/h1-2,6H,3-5H2. The molecule has 16 heavy (non-hydrogen) atoms. The molecular weight excluding hydrogens is 228 g/mol. The lowest BCUT2D eigenvalue weighted by molar-refractivity contribution is 0.556. The molecule has 0 spiro atoms. The van der Waals surface area contributed by atoms with Gasteiger partial charge in [-0.3, -0.25) is 0 Å². The second kappa shape index (κ2) is 3.71. The molecule has 6 nitrogen and oxygen atoms in total. The molecule has 0 saturated heterocycles. The van der Waals surface area contributed by atoms with E-state index in [9.17, 15) is 0 Å². The average molecular weight is 237 g/mol. The summed E-state index contributed by atoms with van der Waals surface area (Å²) >= 11 is 5.76. The first-order valence-electron chi connectivity index (χ1n) is 4.93. The molecule has 3 rings (SSSR count). The van der Waals surface area contributed by atoms with E-state index in [1.54, 1.807) is 12.5 Å². The third-order valence-electron chi connectivity index (χ3n) is 2.57. The number of nitrogens with zero attached hydrogens (tertiary/aromatic N) is 6. The van der Waals surface area contributed by atoms with Crippen LogP contribution in [0.5, 0.6) is 0 Å². The number of halogens is 1. The summed E-state index contributed by atoms with van der Waals surface area (Å²) in [7, 11) is 0. The highest BCUT2D eigenvalue weighted by Crippen LogP contribution is 2.17. The van der Waals surface area contributed by atoms with Gasteiger partial charge in [0.25, 0.3) is 0 Å². The Labute approximate surface area is 96.9 Å². The van der Waals surface area contributed by atoms with E-state index in [0.717, 1.165) is 24.7 Å². The number of fused-ring (bicyclic) bond motifs is 1. The molecule has 0 unspecified atom stereocenters. The quantitative estimate of drug-likeness (QED) is 0.684. The van der Waals surface area contributed by atoms with E-state index in [1.807, 2.05) is 10.6 Å². The van der Waals surface area contributed by atoms with Crippen LogP contribution in [0.1, 0.15) is 5.82 Å². The van der Waals surface area contributed by atoms with E-state index in [2.05, 4.69) is 25.1 Å². The van der Waals surface area contributed by atoms with Crippen molar-refractivity contribution in [3.8, 4) is 0 Å². The van der Waals surface area contributed by atoms with Gasteiger partial charge in [0.15, 0.2) is 5.82 Å². The molecule has 0 atom stereocenters. The van der Waals surface area contributed by atoms with Crippen LogP contribution in [0.3, 0.4) is 0 Å². The van der Waals surface area contributed by atoms with Crippen molar-refractivity contribution in [2.45, 2.75) is 13.1 Å². The molecule has 0 amide bonds. The van der Waals surface area contributed by atoms with E-state index < -0.39 is 0 Å². The normalized spacial score (nSPS) is 14.9. The van der Waals surface area contributed by atoms with Crippen LogP contribution in [-0.4, -0.2) is 31.3 Å². The first kappa shape index (κ1) is 9.53. The minimum absolute atomic E-state index is 0.268. The molecule has 1 aliphatic heterocycles. The summed E-state index contributed by atoms with van der Waals surface area (Å²) < 4.78 is 2.04. The first-order chi connectivity index (χ1) is 7.83. The summed E-state index contributed by atoms with van der Waals surface area (Å²) in [5.41, 5.74) is 0. The van der Waals surface area contributed by atoms with Gasteiger partial charge in [0, 0.05) is 19.3 Å². The van der Waals surface area contributed by atoms with Crippen LogP contribution in [0, 0.1) is 0 Å². The van der Waals surface area contributed by atoms with Crippen molar-refractivity contribution in [3.05, 3.63) is 29.7 Å². The number of aromatic nitrogens is 5. The summed E-state index contributed by atoms with van der Waals surface area (Å²) in [6.07, 6.45) is 3.41. The lowest BCUT2D eigenvalue weighted by atomic mass is 10.3. The molecule has 1 aliphatic rings. The number of hydrogen-bond acceptors (Lipinski definition) is 5. The molecule has 0 aromatic carbocycles. The van der Waals surface area contributed by atoms with Gasteiger partial charge in [-0.05, 0) is 17.7 Å². The van der Waals surface area contributed by atoms with Gasteiger partial charge < -0.3 is 9.47 Å². The fourth-order valence-electron chi connectivity index (χ4n) is 1.76. The van der Waals surface area contributed by atoms with E-state index in [0.29, 0.717) is 6.54 Å². The lowest BCUT2D eigenvalue weighted by Crippen LogP contribution is -2.34. The maximum absolute atomic E-state index is 5.76. The predicted molar refractivity (Wildman–Crippen MR) is 58.1 cm³/mol. The largest absolute Gasteiger partial charge is 0.347 e. The van der Waals surface area contributed by atoms with Crippen molar-refractivity contribution in [1.82, 2.24) is 24.7 Å². The molecular formula is C9H9ClN6. The number of anilines is 1. The Kier molecular flexibility index (Phi) is 2.21. The Morgan fingerprint density at radius 2 is 2.25 bits per heavy atom. The second-order valence-electron chi connectivity index (χ2n) is 3.55. The summed E-state index contributed by atoms with van der Waals surface area (Å²) in [5.74, 6) is 1.77. The van der Waals surface area contributed by atoms with Gasteiger partial charge in [-0.15, -0.1) is 10.2 Å². The molecule has 7 heteroatoms. The fourth-order valence-corrected chi connectivity index (χ4v) is 1.91. The van der Waals surface area contributed by atoms with Crippen LogP contribution in [-0.2, 0) is 13.1 Å². The first-order valence-corrected chi connectivity index (χ1v) is 5.31. The van der Waals surface area contributed by atoms with Crippen molar-refractivity contribution in [1.29, 1.82) is 0 Å². The molecule has 0 N–H and O–H groups in total. The molecule has 0 fully saturated rings. The maximum atomic E-state index is 5.76. The highest BCUT2D eigenvalue weighted by atomic mass is 35.5. The highest BCUT2D eigenvalue weighted by Gasteiger charge is 2.18. The van der Waals surface area contributed by atoms with Crippen molar-refractivity contribution < 1.29 is 0 Å². The topological polar surface area (TPSA) is 59.7 Å². The Morgan fingerprint density at radius 1 is 1.31 bits per heavy atom. The zero-order chi connectivity index (χ0) is 11.0. The van der Waals surface area contributed by atoms with E-state index in [4.69, 9.17) is 11.6 Å². The van der Waals surface area contributed by atoms with Crippen LogP contribution in [0.4, 0.5) is 5.82 Å². The van der Waals surface area contributed by atoms with Gasteiger partial charge in [-0.1, -0.05) is 0 Å². The van der Waals surface area contributed by atoms with Crippen molar-refractivity contribution in [2.24, 2.45) is 0 Å². The molecule has 3 heterocycles. The third-order valence-corrected chi connectivity index (χ3v) is 2.76. The van der Waals surface area contributed by atoms with Crippen molar-refractivity contribution in [2.75, 3.05) is 11.4 Å². The molecule has 2 aromatic rings. The average Bonchev–Trinajstić information content (AvgIpc) is 2.75. The van der Waals surface area contributed by atoms with Crippen LogP contribution in [0.15, 0.2) is 18.6 Å². The predicted octanol–water partition coefficient (Wildman–Crippen LogP) is 0.742. The Balaban J connectivity index is 1.88. The van der Waals surface area contributed by atoms with Gasteiger partial charge in [0.1, 0.15) is 12.1 Å². The van der Waals surface area contributed by atoms with Gasteiger partial charge in [-0.25, -0.2) is 9.97 Å². The van der Waals surface area contributed by atoms with Crippen LogP contribution < -0.4 is 4.90 Å². The maximum Gasteiger partial charge on any atom is 0.224 e. The monoisotopic (exact) mass is 236 g/mol. The summed E-state index contributed by atoms with van der Waals surface area (Å²) in [6.45, 7) is 2.44. The molecule has 0 radical (unpaired) electrons. The van der Waals surface area contributed by atoms with Crippen molar-refractivity contribution in [3.63, 3.8) is 0 Å². The van der Waals surface area contributed by atoms with Crippen molar-refractivity contribution >= 4 is 17.4 Å². The molecule has 0 saturated carbocycles. The molecule has 82 valence electrons. The lowest BCUT2D eigenvalue weighted by Gasteiger charge is -2.27.